The Labute approximate surface area is 138 Å². The molecule has 1 heterocycles. The van der Waals surface area contributed by atoms with Gasteiger partial charge in [0.1, 0.15) is 5.82 Å². The van der Waals surface area contributed by atoms with Crippen molar-refractivity contribution in [3.63, 3.8) is 0 Å². The number of esters is 1. The highest BCUT2D eigenvalue weighted by Crippen LogP contribution is 2.25. The van der Waals surface area contributed by atoms with E-state index in [0.717, 1.165) is 16.8 Å². The normalized spacial score (nSPS) is 10.9. The molecule has 0 fully saturated rings. The van der Waals surface area contributed by atoms with E-state index in [-0.39, 0.29) is 5.82 Å². The fraction of sp³-hybridized carbons (Fsp3) is 0.0526. The topological polar surface area (TPSA) is 44.1 Å². The fourth-order valence-electron chi connectivity index (χ4n) is 2.28. The molecule has 0 aliphatic carbocycles. The molecule has 5 heteroatoms. The van der Waals surface area contributed by atoms with Gasteiger partial charge in [-0.1, -0.05) is 18.2 Å². The number of carbonyl (C=O) groups excluding carboxylic acids is 1. The Balaban J connectivity index is 2.07. The molecule has 0 N–H and O–H groups in total. The van der Waals surface area contributed by atoms with Gasteiger partial charge in [-0.3, -0.25) is 0 Å². The van der Waals surface area contributed by atoms with Crippen LogP contribution in [-0.4, -0.2) is 22.9 Å². The first-order valence-electron chi connectivity index (χ1n) is 7.34. The molecule has 0 unspecified atom stereocenters. The van der Waals surface area contributed by atoms with E-state index in [1.165, 1.54) is 25.3 Å². The highest BCUT2D eigenvalue weighted by Gasteiger charge is 2.11. The van der Waals surface area contributed by atoms with Crippen LogP contribution in [0.1, 0.15) is 5.56 Å². The van der Waals surface area contributed by atoms with Crippen LogP contribution in [0.25, 0.3) is 23.0 Å². The van der Waals surface area contributed by atoms with Crippen molar-refractivity contribution in [2.45, 2.75) is 0 Å². The number of hydrogen-bond acceptors (Lipinski definition) is 3. The van der Waals surface area contributed by atoms with Gasteiger partial charge in [0.2, 0.25) is 0 Å². The first kappa shape index (κ1) is 15.7. The third-order valence-corrected chi connectivity index (χ3v) is 3.48. The highest BCUT2D eigenvalue weighted by molar-refractivity contribution is 5.88. The van der Waals surface area contributed by atoms with Gasteiger partial charge in [0.05, 0.1) is 18.5 Å². The fourth-order valence-corrected chi connectivity index (χ4v) is 2.28. The molecule has 0 radical (unpaired) electrons. The lowest BCUT2D eigenvalue weighted by atomic mass is 10.1. The highest BCUT2D eigenvalue weighted by atomic mass is 19.1. The second-order valence-corrected chi connectivity index (χ2v) is 5.08. The molecule has 0 aliphatic rings. The van der Waals surface area contributed by atoms with Gasteiger partial charge in [-0.2, -0.15) is 5.10 Å². The third kappa shape index (κ3) is 3.41. The van der Waals surface area contributed by atoms with Gasteiger partial charge >= 0.3 is 5.97 Å². The Morgan fingerprint density at radius 2 is 1.83 bits per heavy atom. The van der Waals surface area contributed by atoms with E-state index in [4.69, 9.17) is 0 Å². The van der Waals surface area contributed by atoms with E-state index in [1.54, 1.807) is 22.9 Å². The number of benzene rings is 2. The van der Waals surface area contributed by atoms with E-state index in [1.807, 2.05) is 36.5 Å². The maximum absolute atomic E-state index is 13.2. The number of aromatic nitrogens is 2. The smallest absolute Gasteiger partial charge is 0.330 e. The van der Waals surface area contributed by atoms with E-state index < -0.39 is 5.97 Å². The zero-order valence-corrected chi connectivity index (χ0v) is 13.0. The van der Waals surface area contributed by atoms with Crippen LogP contribution in [0.15, 0.2) is 66.9 Å². The Kier molecular flexibility index (Phi) is 4.52. The summed E-state index contributed by atoms with van der Waals surface area (Å²) in [4.78, 5) is 11.4. The zero-order chi connectivity index (χ0) is 16.9. The van der Waals surface area contributed by atoms with Crippen LogP contribution in [0.3, 0.4) is 0 Å². The monoisotopic (exact) mass is 322 g/mol. The summed E-state index contributed by atoms with van der Waals surface area (Å²) in [6, 6.07) is 15.7. The van der Waals surface area contributed by atoms with Crippen LogP contribution in [-0.2, 0) is 9.53 Å². The van der Waals surface area contributed by atoms with Gasteiger partial charge in [0, 0.05) is 23.4 Å². The molecule has 0 aliphatic heterocycles. The molecule has 2 aromatic carbocycles. The minimum absolute atomic E-state index is 0.312. The molecule has 24 heavy (non-hydrogen) atoms. The molecule has 3 aromatic rings. The van der Waals surface area contributed by atoms with E-state index in [2.05, 4.69) is 9.84 Å². The summed E-state index contributed by atoms with van der Waals surface area (Å²) in [7, 11) is 1.32. The van der Waals surface area contributed by atoms with E-state index in [9.17, 15) is 9.18 Å². The first-order chi connectivity index (χ1) is 11.7. The number of ether oxygens (including phenoxy) is 1. The summed E-state index contributed by atoms with van der Waals surface area (Å²) in [5, 5.41) is 4.57. The molecular weight excluding hydrogens is 307 g/mol. The number of para-hydroxylation sites is 1. The maximum atomic E-state index is 13.2. The van der Waals surface area contributed by atoms with Crippen molar-refractivity contribution in [3.8, 4) is 16.9 Å². The summed E-state index contributed by atoms with van der Waals surface area (Å²) in [5.74, 6) is -0.764. The van der Waals surface area contributed by atoms with Crippen LogP contribution < -0.4 is 0 Å². The molecule has 1 aromatic heterocycles. The van der Waals surface area contributed by atoms with Gasteiger partial charge in [-0.05, 0) is 42.5 Å². The molecule has 0 saturated carbocycles. The van der Waals surface area contributed by atoms with Gasteiger partial charge in [0.25, 0.3) is 0 Å². The number of carbonyl (C=O) groups is 1. The lowest BCUT2D eigenvalue weighted by molar-refractivity contribution is -0.134. The molecule has 0 bridgehead atoms. The summed E-state index contributed by atoms with van der Waals surface area (Å²) < 4.78 is 19.5. The number of hydrogen-bond donors (Lipinski definition) is 0. The number of nitrogens with zero attached hydrogens (tertiary/aromatic N) is 2. The van der Waals surface area contributed by atoms with Crippen molar-refractivity contribution >= 4 is 12.0 Å². The standard InChI is InChI=1S/C19H15FN2O2/c1-24-18(23)12-9-15-13-22(17-5-3-2-4-6-17)21-19(15)14-7-10-16(20)11-8-14/h2-13H,1H3/b12-9+. The van der Waals surface area contributed by atoms with Crippen molar-refractivity contribution in [2.75, 3.05) is 7.11 Å². The Bertz CT molecular complexity index is 868. The summed E-state index contributed by atoms with van der Waals surface area (Å²) >= 11 is 0. The lowest BCUT2D eigenvalue weighted by Gasteiger charge is -2.00. The summed E-state index contributed by atoms with van der Waals surface area (Å²) in [6.45, 7) is 0. The number of halogens is 1. The lowest BCUT2D eigenvalue weighted by Crippen LogP contribution is -1.94. The minimum atomic E-state index is -0.451. The summed E-state index contributed by atoms with van der Waals surface area (Å²) in [5.41, 5.74) is 3.03. The second kappa shape index (κ2) is 6.91. The molecule has 3 rings (SSSR count). The van der Waals surface area contributed by atoms with Gasteiger partial charge < -0.3 is 4.74 Å². The quantitative estimate of drug-likeness (QED) is 0.541. The molecular formula is C19H15FN2O2. The molecule has 4 nitrogen and oxygen atoms in total. The average molecular weight is 322 g/mol. The summed E-state index contributed by atoms with van der Waals surface area (Å²) in [6.07, 6.45) is 4.78. The van der Waals surface area contributed by atoms with Crippen molar-refractivity contribution in [1.82, 2.24) is 9.78 Å². The first-order valence-corrected chi connectivity index (χ1v) is 7.34. The van der Waals surface area contributed by atoms with Crippen LogP contribution in [0, 0.1) is 5.82 Å². The number of methoxy groups -OCH3 is 1. The SMILES string of the molecule is COC(=O)/C=C/c1cn(-c2ccccc2)nc1-c1ccc(F)cc1. The zero-order valence-electron chi connectivity index (χ0n) is 13.0. The molecule has 0 atom stereocenters. The van der Waals surface area contributed by atoms with Gasteiger partial charge in [-0.15, -0.1) is 0 Å². The van der Waals surface area contributed by atoms with Crippen molar-refractivity contribution in [2.24, 2.45) is 0 Å². The largest absolute Gasteiger partial charge is 0.466 e. The Morgan fingerprint density at radius 3 is 2.50 bits per heavy atom. The van der Waals surface area contributed by atoms with Crippen LogP contribution in [0.4, 0.5) is 4.39 Å². The molecule has 0 spiro atoms. The third-order valence-electron chi connectivity index (χ3n) is 3.48. The van der Waals surface area contributed by atoms with Crippen molar-refractivity contribution in [3.05, 3.63) is 78.3 Å². The average Bonchev–Trinajstić information content (AvgIpc) is 3.05. The van der Waals surface area contributed by atoms with E-state index in [0.29, 0.717) is 5.69 Å². The second-order valence-electron chi connectivity index (χ2n) is 5.08. The predicted molar refractivity (Wildman–Crippen MR) is 90.0 cm³/mol. The van der Waals surface area contributed by atoms with Crippen LogP contribution in [0.2, 0.25) is 0 Å². The molecule has 120 valence electrons. The predicted octanol–water partition coefficient (Wildman–Crippen LogP) is 3.86. The minimum Gasteiger partial charge on any atom is -0.466 e. The van der Waals surface area contributed by atoms with Gasteiger partial charge in [0.15, 0.2) is 0 Å². The number of rotatable bonds is 4. The Hall–Kier alpha value is -3.21. The van der Waals surface area contributed by atoms with Gasteiger partial charge in [-0.25, -0.2) is 13.9 Å². The maximum Gasteiger partial charge on any atom is 0.330 e. The van der Waals surface area contributed by atoms with Crippen molar-refractivity contribution in [1.29, 1.82) is 0 Å². The van der Waals surface area contributed by atoms with E-state index >= 15 is 0 Å². The Morgan fingerprint density at radius 1 is 1.12 bits per heavy atom. The van der Waals surface area contributed by atoms with Crippen LogP contribution >= 0.6 is 0 Å². The molecule has 0 amide bonds. The van der Waals surface area contributed by atoms with Crippen molar-refractivity contribution < 1.29 is 13.9 Å². The molecule has 0 saturated heterocycles. The van der Waals surface area contributed by atoms with Crippen LogP contribution in [0.5, 0.6) is 0 Å².